The van der Waals surface area contributed by atoms with Gasteiger partial charge in [0.05, 0.1) is 15.9 Å². The Hall–Kier alpha value is -0.580. The minimum atomic E-state index is -3.09. The van der Waals surface area contributed by atoms with E-state index in [4.69, 9.17) is 5.73 Å². The number of carbonyl (C=O) groups excluding carboxylic acids is 1. The van der Waals surface area contributed by atoms with Gasteiger partial charge in [-0.3, -0.25) is 4.79 Å². The first kappa shape index (κ1) is 9.63. The number of amides is 1. The van der Waals surface area contributed by atoms with Gasteiger partial charge in [-0.1, -0.05) is 0 Å². The molecular weight excluding hydrogens is 214 g/mol. The number of sulfone groups is 1. The quantitative estimate of drug-likeness (QED) is 0.749. The molecule has 0 aromatic rings. The average molecular weight is 229 g/mol. The maximum atomic E-state index is 12.3. The number of primary amides is 1. The molecule has 0 aromatic carbocycles. The van der Waals surface area contributed by atoms with Crippen molar-refractivity contribution in [3.8, 4) is 0 Å². The van der Waals surface area contributed by atoms with Gasteiger partial charge in [-0.2, -0.15) is 0 Å². The van der Waals surface area contributed by atoms with Gasteiger partial charge in [0.15, 0.2) is 9.84 Å². The molecule has 0 saturated heterocycles. The van der Waals surface area contributed by atoms with Gasteiger partial charge in [0.25, 0.3) is 0 Å². The van der Waals surface area contributed by atoms with E-state index < -0.39 is 26.4 Å². The summed E-state index contributed by atoms with van der Waals surface area (Å²) < 4.78 is 23.8. The Morgan fingerprint density at radius 2 is 1.80 bits per heavy atom. The van der Waals surface area contributed by atoms with Gasteiger partial charge in [-0.15, -0.1) is 0 Å². The van der Waals surface area contributed by atoms with Gasteiger partial charge in [0, 0.05) is 0 Å². The molecule has 3 saturated carbocycles. The lowest BCUT2D eigenvalue weighted by Crippen LogP contribution is -2.35. The maximum absolute atomic E-state index is 12.3. The van der Waals surface area contributed by atoms with Crippen molar-refractivity contribution in [1.82, 2.24) is 0 Å². The molecule has 4 nitrogen and oxygen atoms in total. The number of rotatable bonds is 4. The first-order valence-corrected chi connectivity index (χ1v) is 7.07. The predicted octanol–water partition coefficient (Wildman–Crippen LogP) is 0.218. The lowest BCUT2D eigenvalue weighted by molar-refractivity contribution is -0.119. The van der Waals surface area contributed by atoms with E-state index in [0.29, 0.717) is 6.42 Å². The van der Waals surface area contributed by atoms with Gasteiger partial charge in [-0.25, -0.2) is 8.42 Å². The first-order chi connectivity index (χ1) is 7.00. The standard InChI is InChI=1S/C10H15NO3S/c11-9(12)8-5-10(8,6-1-2-6)15(13,14)7-3-4-7/h6-8H,1-5H2,(H2,11,12). The molecule has 3 aliphatic carbocycles. The van der Waals surface area contributed by atoms with Crippen LogP contribution in [0.1, 0.15) is 32.1 Å². The molecule has 0 aliphatic heterocycles. The molecule has 0 bridgehead atoms. The summed E-state index contributed by atoms with van der Waals surface area (Å²) in [6, 6.07) is 0. The van der Waals surface area contributed by atoms with E-state index in [1.807, 2.05) is 0 Å². The van der Waals surface area contributed by atoms with E-state index in [-0.39, 0.29) is 11.2 Å². The van der Waals surface area contributed by atoms with Crippen LogP contribution in [0.15, 0.2) is 0 Å². The highest BCUT2D eigenvalue weighted by Gasteiger charge is 2.74. The van der Waals surface area contributed by atoms with E-state index in [0.717, 1.165) is 25.7 Å². The average Bonchev–Trinajstić information content (AvgIpc) is 2.95. The van der Waals surface area contributed by atoms with E-state index in [2.05, 4.69) is 0 Å². The molecule has 1 amide bonds. The molecular formula is C10H15NO3S. The number of hydrogen-bond donors (Lipinski definition) is 1. The van der Waals surface area contributed by atoms with Crippen molar-refractivity contribution in [1.29, 1.82) is 0 Å². The molecule has 3 aliphatic rings. The summed E-state index contributed by atoms with van der Waals surface area (Å²) in [6.07, 6.45) is 3.96. The SMILES string of the molecule is NC(=O)C1CC1(C1CC1)S(=O)(=O)C1CC1. The first-order valence-electron chi connectivity index (χ1n) is 5.53. The van der Waals surface area contributed by atoms with Crippen LogP contribution >= 0.6 is 0 Å². The van der Waals surface area contributed by atoms with Gasteiger partial charge in [0.2, 0.25) is 5.91 Å². The molecule has 15 heavy (non-hydrogen) atoms. The Balaban J connectivity index is 1.96. The zero-order valence-electron chi connectivity index (χ0n) is 8.48. The van der Waals surface area contributed by atoms with Crippen LogP contribution in [0.2, 0.25) is 0 Å². The topological polar surface area (TPSA) is 77.2 Å². The van der Waals surface area contributed by atoms with Crippen LogP contribution in [0.25, 0.3) is 0 Å². The number of nitrogens with two attached hydrogens (primary N) is 1. The monoisotopic (exact) mass is 229 g/mol. The van der Waals surface area contributed by atoms with Gasteiger partial charge in [0.1, 0.15) is 0 Å². The molecule has 3 fully saturated rings. The largest absolute Gasteiger partial charge is 0.369 e. The molecule has 2 atom stereocenters. The summed E-state index contributed by atoms with van der Waals surface area (Å²) in [5.41, 5.74) is 5.25. The third kappa shape index (κ3) is 1.13. The van der Waals surface area contributed by atoms with Crippen LogP contribution < -0.4 is 5.73 Å². The molecule has 5 heteroatoms. The zero-order chi connectivity index (χ0) is 10.8. The second-order valence-electron chi connectivity index (χ2n) is 5.13. The number of carbonyl (C=O) groups is 1. The predicted molar refractivity (Wildman–Crippen MR) is 54.7 cm³/mol. The normalized spacial score (nSPS) is 40.1. The van der Waals surface area contributed by atoms with Crippen LogP contribution in [0.5, 0.6) is 0 Å². The summed E-state index contributed by atoms with van der Waals surface area (Å²) in [5, 5.41) is -0.164. The van der Waals surface area contributed by atoms with Crippen molar-refractivity contribution < 1.29 is 13.2 Å². The third-order valence-electron chi connectivity index (χ3n) is 4.06. The van der Waals surface area contributed by atoms with Crippen molar-refractivity contribution in [3.63, 3.8) is 0 Å². The van der Waals surface area contributed by atoms with Crippen LogP contribution in [-0.2, 0) is 14.6 Å². The highest BCUT2D eigenvalue weighted by molar-refractivity contribution is 7.94. The van der Waals surface area contributed by atoms with Gasteiger partial charge in [-0.05, 0) is 38.0 Å². The molecule has 84 valence electrons. The lowest BCUT2D eigenvalue weighted by Gasteiger charge is -2.16. The maximum Gasteiger partial charge on any atom is 0.222 e. The van der Waals surface area contributed by atoms with Crippen molar-refractivity contribution >= 4 is 15.7 Å². The Morgan fingerprint density at radius 3 is 2.13 bits per heavy atom. The minimum Gasteiger partial charge on any atom is -0.369 e. The van der Waals surface area contributed by atoms with Crippen molar-refractivity contribution in [2.75, 3.05) is 0 Å². The summed E-state index contributed by atoms with van der Waals surface area (Å²) in [5.74, 6) is -0.595. The van der Waals surface area contributed by atoms with Crippen LogP contribution in [0.4, 0.5) is 0 Å². The molecule has 3 rings (SSSR count). The summed E-state index contributed by atoms with van der Waals surface area (Å²) in [4.78, 5) is 11.2. The fraction of sp³-hybridized carbons (Fsp3) is 0.900. The van der Waals surface area contributed by atoms with E-state index in [1.54, 1.807) is 0 Å². The lowest BCUT2D eigenvalue weighted by atomic mass is 10.2. The van der Waals surface area contributed by atoms with Crippen molar-refractivity contribution in [2.24, 2.45) is 17.6 Å². The van der Waals surface area contributed by atoms with E-state index >= 15 is 0 Å². The molecule has 2 unspecified atom stereocenters. The molecule has 0 radical (unpaired) electrons. The van der Waals surface area contributed by atoms with Crippen LogP contribution in [0, 0.1) is 11.8 Å². The fourth-order valence-corrected chi connectivity index (χ4v) is 5.85. The highest BCUT2D eigenvalue weighted by atomic mass is 32.2. The summed E-state index contributed by atoms with van der Waals surface area (Å²) in [7, 11) is -3.09. The molecule has 0 heterocycles. The molecule has 2 N–H and O–H groups in total. The van der Waals surface area contributed by atoms with Crippen LogP contribution in [-0.4, -0.2) is 24.3 Å². The number of hydrogen-bond acceptors (Lipinski definition) is 3. The Labute approximate surface area is 89.1 Å². The van der Waals surface area contributed by atoms with E-state index in [1.165, 1.54) is 0 Å². The second-order valence-corrected chi connectivity index (χ2v) is 7.65. The minimum absolute atomic E-state index is 0.164. The smallest absolute Gasteiger partial charge is 0.222 e. The summed E-state index contributed by atoms with van der Waals surface area (Å²) in [6.45, 7) is 0. The van der Waals surface area contributed by atoms with Crippen LogP contribution in [0.3, 0.4) is 0 Å². The summed E-state index contributed by atoms with van der Waals surface area (Å²) >= 11 is 0. The fourth-order valence-electron chi connectivity index (χ4n) is 2.86. The van der Waals surface area contributed by atoms with Crippen molar-refractivity contribution in [2.45, 2.75) is 42.1 Å². The second kappa shape index (κ2) is 2.56. The Morgan fingerprint density at radius 1 is 1.20 bits per heavy atom. The van der Waals surface area contributed by atoms with Gasteiger partial charge < -0.3 is 5.73 Å². The molecule has 0 aromatic heterocycles. The van der Waals surface area contributed by atoms with Crippen molar-refractivity contribution in [3.05, 3.63) is 0 Å². The Bertz CT molecular complexity index is 422. The highest BCUT2D eigenvalue weighted by Crippen LogP contribution is 2.65. The third-order valence-corrected chi connectivity index (χ3v) is 7.25. The molecule has 0 spiro atoms. The van der Waals surface area contributed by atoms with Gasteiger partial charge >= 0.3 is 0 Å². The van der Waals surface area contributed by atoms with E-state index in [9.17, 15) is 13.2 Å². The zero-order valence-corrected chi connectivity index (χ0v) is 9.29. The Kier molecular flexibility index (Phi) is 1.65.